The molecular weight excluding hydrogens is 404 g/mol. The molecule has 0 saturated heterocycles. The maximum Gasteiger partial charge on any atom is 0.270 e. The summed E-state index contributed by atoms with van der Waals surface area (Å²) in [5, 5.41) is 0. The number of pyridine rings is 1. The summed E-state index contributed by atoms with van der Waals surface area (Å²) >= 11 is 0. The number of amides is 2. The average Bonchev–Trinajstić information content (AvgIpc) is 3.53. The van der Waals surface area contributed by atoms with Crippen molar-refractivity contribution in [3.05, 3.63) is 93.2 Å². The van der Waals surface area contributed by atoms with E-state index in [9.17, 15) is 14.4 Å². The molecule has 0 atom stereocenters. The van der Waals surface area contributed by atoms with E-state index in [0.29, 0.717) is 49.8 Å². The number of hydrogen-bond acceptors (Lipinski definition) is 3. The van der Waals surface area contributed by atoms with Crippen LogP contribution in [0.4, 0.5) is 0 Å². The SMILES string of the molecule is NC(=O)c1c2c(cn(CCc3ccccc3)c1=O)CN(C(=O)c1cccn1C1CC1)CC2. The lowest BCUT2D eigenvalue weighted by molar-refractivity contribution is 0.0722. The third kappa shape index (κ3) is 3.75. The zero-order chi connectivity index (χ0) is 22.2. The fourth-order valence-electron chi connectivity index (χ4n) is 4.61. The highest BCUT2D eigenvalue weighted by Crippen LogP contribution is 2.36. The van der Waals surface area contributed by atoms with Crippen molar-refractivity contribution in [2.45, 2.75) is 44.8 Å². The number of nitrogens with two attached hydrogens (primary N) is 1. The van der Waals surface area contributed by atoms with Gasteiger partial charge in [0.2, 0.25) is 0 Å². The molecule has 7 nitrogen and oxygen atoms in total. The molecule has 2 aromatic heterocycles. The molecule has 1 saturated carbocycles. The summed E-state index contributed by atoms with van der Waals surface area (Å²) in [6, 6.07) is 14.1. The maximum atomic E-state index is 13.3. The Kier molecular flexibility index (Phi) is 5.17. The van der Waals surface area contributed by atoms with E-state index in [4.69, 9.17) is 5.73 Å². The number of fused-ring (bicyclic) bond motifs is 1. The minimum Gasteiger partial charge on any atom is -0.365 e. The Morgan fingerprint density at radius 1 is 1.06 bits per heavy atom. The fourth-order valence-corrected chi connectivity index (χ4v) is 4.61. The van der Waals surface area contributed by atoms with Gasteiger partial charge in [-0.25, -0.2) is 0 Å². The Hall–Kier alpha value is -3.61. The number of aryl methyl sites for hydroxylation is 2. The van der Waals surface area contributed by atoms with Crippen molar-refractivity contribution >= 4 is 11.8 Å². The second-order valence-corrected chi connectivity index (χ2v) is 8.61. The van der Waals surface area contributed by atoms with E-state index in [2.05, 4.69) is 4.57 Å². The molecule has 0 unspecified atom stereocenters. The van der Waals surface area contributed by atoms with Gasteiger partial charge in [-0.3, -0.25) is 14.4 Å². The van der Waals surface area contributed by atoms with Crippen molar-refractivity contribution in [1.82, 2.24) is 14.0 Å². The van der Waals surface area contributed by atoms with Gasteiger partial charge in [0.25, 0.3) is 17.4 Å². The number of primary amides is 1. The number of benzene rings is 1. The average molecular weight is 431 g/mol. The highest BCUT2D eigenvalue weighted by atomic mass is 16.2. The minimum atomic E-state index is -0.706. The maximum absolute atomic E-state index is 13.3. The van der Waals surface area contributed by atoms with Gasteiger partial charge < -0.3 is 19.8 Å². The van der Waals surface area contributed by atoms with Crippen LogP contribution in [-0.2, 0) is 25.9 Å². The molecule has 5 rings (SSSR count). The van der Waals surface area contributed by atoms with Crippen molar-refractivity contribution < 1.29 is 9.59 Å². The normalized spacial score (nSPS) is 15.4. The zero-order valence-corrected chi connectivity index (χ0v) is 17.9. The Morgan fingerprint density at radius 3 is 2.56 bits per heavy atom. The topological polar surface area (TPSA) is 90.3 Å². The van der Waals surface area contributed by atoms with E-state index in [1.165, 1.54) is 0 Å². The monoisotopic (exact) mass is 430 g/mol. The first-order valence-electron chi connectivity index (χ1n) is 11.1. The number of hydrogen-bond donors (Lipinski definition) is 1. The van der Waals surface area contributed by atoms with Crippen LogP contribution in [0.3, 0.4) is 0 Å². The van der Waals surface area contributed by atoms with Crippen LogP contribution in [0.25, 0.3) is 0 Å². The highest BCUT2D eigenvalue weighted by Gasteiger charge is 2.31. The van der Waals surface area contributed by atoms with Gasteiger partial charge in [0.05, 0.1) is 0 Å². The van der Waals surface area contributed by atoms with Gasteiger partial charge in [-0.15, -0.1) is 0 Å². The molecule has 0 radical (unpaired) electrons. The van der Waals surface area contributed by atoms with Gasteiger partial charge in [-0.1, -0.05) is 30.3 Å². The van der Waals surface area contributed by atoms with Crippen LogP contribution in [0, 0.1) is 0 Å². The van der Waals surface area contributed by atoms with Crippen LogP contribution >= 0.6 is 0 Å². The molecule has 1 aliphatic carbocycles. The number of nitrogens with zero attached hydrogens (tertiary/aromatic N) is 3. The fraction of sp³-hybridized carbons (Fsp3) is 0.320. The number of rotatable bonds is 6. The summed E-state index contributed by atoms with van der Waals surface area (Å²) in [6.07, 6.45) is 7.08. The predicted octanol–water partition coefficient (Wildman–Crippen LogP) is 2.52. The van der Waals surface area contributed by atoms with Crippen LogP contribution in [-0.4, -0.2) is 32.4 Å². The first-order valence-corrected chi connectivity index (χ1v) is 11.1. The lowest BCUT2D eigenvalue weighted by atomic mass is 9.96. The summed E-state index contributed by atoms with van der Waals surface area (Å²) < 4.78 is 3.63. The molecule has 2 N–H and O–H groups in total. The third-order valence-corrected chi connectivity index (χ3v) is 6.42. The second kappa shape index (κ2) is 8.15. The number of carbonyl (C=O) groups is 2. The van der Waals surface area contributed by atoms with Crippen LogP contribution < -0.4 is 11.3 Å². The molecule has 3 heterocycles. The molecule has 32 heavy (non-hydrogen) atoms. The summed E-state index contributed by atoms with van der Waals surface area (Å²) in [5.41, 5.74) is 8.62. The van der Waals surface area contributed by atoms with E-state index in [1.807, 2.05) is 48.7 Å². The van der Waals surface area contributed by atoms with Gasteiger partial charge in [0.1, 0.15) is 11.3 Å². The molecule has 3 aromatic rings. The molecule has 1 fully saturated rings. The molecule has 0 spiro atoms. The van der Waals surface area contributed by atoms with Crippen LogP contribution in [0.5, 0.6) is 0 Å². The van der Waals surface area contributed by atoms with Crippen LogP contribution in [0.1, 0.15) is 56.4 Å². The highest BCUT2D eigenvalue weighted by molar-refractivity contribution is 5.95. The molecule has 7 heteroatoms. The number of carbonyl (C=O) groups excluding carboxylic acids is 2. The van der Waals surface area contributed by atoms with Crippen molar-refractivity contribution in [3.8, 4) is 0 Å². The zero-order valence-electron chi connectivity index (χ0n) is 17.9. The standard InChI is InChI=1S/C25H26N4O3/c26-23(30)22-20-11-14-27(24(31)21-7-4-12-29(21)19-8-9-19)15-18(20)16-28(25(22)32)13-10-17-5-2-1-3-6-17/h1-7,12,16,19H,8-11,13-15H2,(H2,26,30). The molecule has 164 valence electrons. The van der Waals surface area contributed by atoms with Crippen LogP contribution in [0.2, 0.25) is 0 Å². The molecule has 0 bridgehead atoms. The minimum absolute atomic E-state index is 0.0183. The summed E-state index contributed by atoms with van der Waals surface area (Å²) in [7, 11) is 0. The predicted molar refractivity (Wildman–Crippen MR) is 121 cm³/mol. The molecule has 2 aliphatic rings. The molecule has 1 aliphatic heterocycles. The van der Waals surface area contributed by atoms with Gasteiger partial charge in [-0.2, -0.15) is 0 Å². The van der Waals surface area contributed by atoms with Gasteiger partial charge in [-0.05, 0) is 54.5 Å². The van der Waals surface area contributed by atoms with Crippen molar-refractivity contribution in [2.24, 2.45) is 5.73 Å². The Balaban J connectivity index is 1.44. The number of aromatic nitrogens is 2. The first-order chi connectivity index (χ1) is 15.5. The molecule has 1 aromatic carbocycles. The largest absolute Gasteiger partial charge is 0.365 e. The van der Waals surface area contributed by atoms with Crippen molar-refractivity contribution in [3.63, 3.8) is 0 Å². The Labute approximate surface area is 186 Å². The smallest absolute Gasteiger partial charge is 0.270 e. The van der Waals surface area contributed by atoms with E-state index < -0.39 is 5.91 Å². The van der Waals surface area contributed by atoms with Gasteiger partial charge in [0.15, 0.2) is 0 Å². The lowest BCUT2D eigenvalue weighted by Gasteiger charge is -2.30. The quantitative estimate of drug-likeness (QED) is 0.652. The molecular formula is C25H26N4O3. The van der Waals surface area contributed by atoms with Crippen molar-refractivity contribution in [1.29, 1.82) is 0 Å². The van der Waals surface area contributed by atoms with E-state index in [0.717, 1.165) is 24.0 Å². The van der Waals surface area contributed by atoms with E-state index in [1.54, 1.807) is 15.7 Å². The van der Waals surface area contributed by atoms with Gasteiger partial charge in [0, 0.05) is 38.1 Å². The van der Waals surface area contributed by atoms with Gasteiger partial charge >= 0.3 is 0 Å². The first kappa shape index (κ1) is 20.3. The second-order valence-electron chi connectivity index (χ2n) is 8.61. The van der Waals surface area contributed by atoms with Crippen molar-refractivity contribution in [2.75, 3.05) is 6.54 Å². The Morgan fingerprint density at radius 2 is 1.84 bits per heavy atom. The van der Waals surface area contributed by atoms with E-state index >= 15 is 0 Å². The summed E-state index contributed by atoms with van der Waals surface area (Å²) in [5.74, 6) is -0.724. The third-order valence-electron chi connectivity index (χ3n) is 6.42. The van der Waals surface area contributed by atoms with Crippen LogP contribution in [0.15, 0.2) is 59.7 Å². The van der Waals surface area contributed by atoms with E-state index in [-0.39, 0.29) is 17.0 Å². The molecule has 2 amide bonds. The lowest BCUT2D eigenvalue weighted by Crippen LogP contribution is -2.41. The summed E-state index contributed by atoms with van der Waals surface area (Å²) in [4.78, 5) is 40.2. The Bertz CT molecular complexity index is 1240. The summed E-state index contributed by atoms with van der Waals surface area (Å²) in [6.45, 7) is 1.25.